The van der Waals surface area contributed by atoms with Gasteiger partial charge < -0.3 is 14.4 Å². The van der Waals surface area contributed by atoms with E-state index in [0.717, 1.165) is 30.1 Å². The van der Waals surface area contributed by atoms with Gasteiger partial charge in [0, 0.05) is 25.9 Å². The Labute approximate surface area is 125 Å². The van der Waals surface area contributed by atoms with Crippen molar-refractivity contribution in [2.45, 2.75) is 13.8 Å². The maximum atomic E-state index is 11.2. The molecule has 0 heterocycles. The molecule has 21 heavy (non-hydrogen) atoms. The molecule has 0 N–H and O–H groups in total. The molecular weight excluding hydrogens is 266 g/mol. The maximum Gasteiger partial charge on any atom is 0.188 e. The van der Waals surface area contributed by atoms with E-state index in [9.17, 15) is 4.79 Å². The Balaban J connectivity index is 2.47. The Bertz CT molecular complexity index is 621. The van der Waals surface area contributed by atoms with Gasteiger partial charge in [0.1, 0.15) is 5.75 Å². The topological polar surface area (TPSA) is 38.8 Å². The van der Waals surface area contributed by atoms with Gasteiger partial charge in [-0.15, -0.1) is 0 Å². The molecule has 0 spiro atoms. The summed E-state index contributed by atoms with van der Waals surface area (Å²) in [5.74, 6) is 0.552. The zero-order chi connectivity index (χ0) is 15.2. The second-order valence-corrected chi connectivity index (χ2v) is 4.76. The molecule has 0 aliphatic carbocycles. The number of carbonyl (C=O) groups is 1. The van der Waals surface area contributed by atoms with Crippen molar-refractivity contribution in [3.8, 4) is 5.75 Å². The SMILES string of the molecule is CCN(CC)c1ccc2cc(C=O)c(OCOC)cc2c1. The lowest BCUT2D eigenvalue weighted by atomic mass is 10.1. The van der Waals surface area contributed by atoms with Gasteiger partial charge in [-0.25, -0.2) is 0 Å². The highest BCUT2D eigenvalue weighted by molar-refractivity contribution is 5.93. The number of aldehydes is 1. The molecule has 0 saturated carbocycles. The zero-order valence-electron chi connectivity index (χ0n) is 12.8. The summed E-state index contributed by atoms with van der Waals surface area (Å²) in [7, 11) is 1.56. The molecule has 4 nitrogen and oxygen atoms in total. The molecule has 0 fully saturated rings. The van der Waals surface area contributed by atoms with Gasteiger partial charge in [-0.3, -0.25) is 4.79 Å². The Morgan fingerprint density at radius 1 is 1.10 bits per heavy atom. The van der Waals surface area contributed by atoms with Crippen LogP contribution in [0, 0.1) is 0 Å². The molecule has 0 unspecified atom stereocenters. The van der Waals surface area contributed by atoms with Gasteiger partial charge in [0.15, 0.2) is 13.1 Å². The van der Waals surface area contributed by atoms with Crippen LogP contribution in [-0.2, 0) is 4.74 Å². The van der Waals surface area contributed by atoms with Crippen LogP contribution < -0.4 is 9.64 Å². The molecule has 112 valence electrons. The average Bonchev–Trinajstić information content (AvgIpc) is 2.53. The molecule has 4 heteroatoms. The van der Waals surface area contributed by atoms with Crippen molar-refractivity contribution in [1.29, 1.82) is 0 Å². The molecule has 0 aromatic heterocycles. The van der Waals surface area contributed by atoms with Crippen molar-refractivity contribution >= 4 is 22.7 Å². The van der Waals surface area contributed by atoms with E-state index >= 15 is 0 Å². The van der Waals surface area contributed by atoms with Gasteiger partial charge in [-0.2, -0.15) is 0 Å². The first kappa shape index (κ1) is 15.3. The van der Waals surface area contributed by atoms with Gasteiger partial charge in [0.05, 0.1) is 5.56 Å². The largest absolute Gasteiger partial charge is 0.467 e. The fraction of sp³-hybridized carbons (Fsp3) is 0.353. The summed E-state index contributed by atoms with van der Waals surface area (Å²) in [6, 6.07) is 9.98. The molecule has 0 saturated heterocycles. The van der Waals surface area contributed by atoms with Crippen LogP contribution in [0.15, 0.2) is 30.3 Å². The molecule has 2 aromatic carbocycles. The number of hydrogen-bond acceptors (Lipinski definition) is 4. The first-order valence-corrected chi connectivity index (χ1v) is 7.13. The fourth-order valence-corrected chi connectivity index (χ4v) is 2.41. The van der Waals surface area contributed by atoms with E-state index in [2.05, 4.69) is 30.9 Å². The molecule has 2 aromatic rings. The Hall–Kier alpha value is -2.07. The van der Waals surface area contributed by atoms with Crippen LogP contribution in [0.2, 0.25) is 0 Å². The molecule has 2 rings (SSSR count). The van der Waals surface area contributed by atoms with Gasteiger partial charge in [-0.1, -0.05) is 6.07 Å². The summed E-state index contributed by atoms with van der Waals surface area (Å²) in [5, 5.41) is 2.08. The average molecular weight is 287 g/mol. The molecule has 0 bridgehead atoms. The Kier molecular flexibility index (Phi) is 5.17. The van der Waals surface area contributed by atoms with Crippen molar-refractivity contribution in [3.05, 3.63) is 35.9 Å². The number of hydrogen-bond donors (Lipinski definition) is 0. The van der Waals surface area contributed by atoms with Crippen molar-refractivity contribution in [2.75, 3.05) is 31.9 Å². The van der Waals surface area contributed by atoms with Crippen molar-refractivity contribution in [2.24, 2.45) is 0 Å². The van der Waals surface area contributed by atoms with E-state index in [1.807, 2.05) is 18.2 Å². The lowest BCUT2D eigenvalue weighted by Gasteiger charge is -2.21. The summed E-state index contributed by atoms with van der Waals surface area (Å²) >= 11 is 0. The summed E-state index contributed by atoms with van der Waals surface area (Å²) in [6.45, 7) is 6.32. The van der Waals surface area contributed by atoms with E-state index in [1.165, 1.54) is 5.69 Å². The van der Waals surface area contributed by atoms with Crippen molar-refractivity contribution in [1.82, 2.24) is 0 Å². The Morgan fingerprint density at radius 3 is 2.48 bits per heavy atom. The van der Waals surface area contributed by atoms with Gasteiger partial charge in [0.2, 0.25) is 0 Å². The number of benzene rings is 2. The molecule has 0 radical (unpaired) electrons. The fourth-order valence-electron chi connectivity index (χ4n) is 2.41. The molecule has 0 aliphatic rings. The maximum absolute atomic E-state index is 11.2. The third-order valence-electron chi connectivity index (χ3n) is 3.54. The summed E-state index contributed by atoms with van der Waals surface area (Å²) < 4.78 is 10.4. The van der Waals surface area contributed by atoms with E-state index in [1.54, 1.807) is 7.11 Å². The number of carbonyl (C=O) groups excluding carboxylic acids is 1. The third kappa shape index (κ3) is 3.34. The van der Waals surface area contributed by atoms with Gasteiger partial charge in [0.25, 0.3) is 0 Å². The van der Waals surface area contributed by atoms with Gasteiger partial charge >= 0.3 is 0 Å². The van der Waals surface area contributed by atoms with Crippen LogP contribution in [0.5, 0.6) is 5.75 Å². The van der Waals surface area contributed by atoms with E-state index in [4.69, 9.17) is 9.47 Å². The number of nitrogens with zero attached hydrogens (tertiary/aromatic N) is 1. The highest BCUT2D eigenvalue weighted by atomic mass is 16.7. The number of fused-ring (bicyclic) bond motifs is 1. The molecular formula is C17H21NO3. The zero-order valence-corrected chi connectivity index (χ0v) is 12.8. The van der Waals surface area contributed by atoms with Crippen LogP contribution in [0.3, 0.4) is 0 Å². The van der Waals surface area contributed by atoms with Gasteiger partial charge in [-0.05, 0) is 48.9 Å². The van der Waals surface area contributed by atoms with Crippen LogP contribution >= 0.6 is 0 Å². The van der Waals surface area contributed by atoms with Crippen LogP contribution in [0.25, 0.3) is 10.8 Å². The number of rotatable bonds is 7. The minimum absolute atomic E-state index is 0.127. The summed E-state index contributed by atoms with van der Waals surface area (Å²) in [6.07, 6.45) is 0.808. The highest BCUT2D eigenvalue weighted by Crippen LogP contribution is 2.28. The smallest absolute Gasteiger partial charge is 0.188 e. The standard InChI is InChI=1S/C17H21NO3/c1-4-18(5-2)16-7-6-13-8-15(11-19)17(21-12-20-3)10-14(13)9-16/h6-11H,4-5,12H2,1-3H3. The van der Waals surface area contributed by atoms with Crippen LogP contribution in [0.1, 0.15) is 24.2 Å². The van der Waals surface area contributed by atoms with Crippen LogP contribution in [-0.4, -0.2) is 33.3 Å². The minimum atomic E-state index is 0.127. The normalized spacial score (nSPS) is 10.6. The molecule has 0 atom stereocenters. The number of methoxy groups -OCH3 is 1. The second-order valence-electron chi connectivity index (χ2n) is 4.76. The van der Waals surface area contributed by atoms with E-state index in [-0.39, 0.29) is 6.79 Å². The first-order chi connectivity index (χ1) is 10.2. The molecule has 0 aliphatic heterocycles. The van der Waals surface area contributed by atoms with Crippen molar-refractivity contribution < 1.29 is 14.3 Å². The number of anilines is 1. The second kappa shape index (κ2) is 7.09. The van der Waals surface area contributed by atoms with Crippen LogP contribution in [0.4, 0.5) is 5.69 Å². The van der Waals surface area contributed by atoms with E-state index in [0.29, 0.717) is 11.3 Å². The molecule has 0 amide bonds. The minimum Gasteiger partial charge on any atom is -0.467 e. The predicted molar refractivity (Wildman–Crippen MR) is 85.4 cm³/mol. The highest BCUT2D eigenvalue weighted by Gasteiger charge is 2.08. The lowest BCUT2D eigenvalue weighted by Crippen LogP contribution is -2.21. The third-order valence-corrected chi connectivity index (χ3v) is 3.54. The predicted octanol–water partition coefficient (Wildman–Crippen LogP) is 3.48. The summed E-state index contributed by atoms with van der Waals surface area (Å²) in [5.41, 5.74) is 1.71. The van der Waals surface area contributed by atoms with E-state index < -0.39 is 0 Å². The summed E-state index contributed by atoms with van der Waals surface area (Å²) in [4.78, 5) is 13.5. The monoisotopic (exact) mass is 287 g/mol. The quantitative estimate of drug-likeness (QED) is 0.577. The number of ether oxygens (including phenoxy) is 2. The Morgan fingerprint density at radius 2 is 1.86 bits per heavy atom. The van der Waals surface area contributed by atoms with Crippen molar-refractivity contribution in [3.63, 3.8) is 0 Å². The lowest BCUT2D eigenvalue weighted by molar-refractivity contribution is 0.0506. The first-order valence-electron chi connectivity index (χ1n) is 7.13.